The Balaban J connectivity index is 1.29. The van der Waals surface area contributed by atoms with Gasteiger partial charge in [-0.2, -0.15) is 0 Å². The van der Waals surface area contributed by atoms with Crippen molar-refractivity contribution in [3.8, 4) is 0 Å². The van der Waals surface area contributed by atoms with E-state index in [0.29, 0.717) is 20.3 Å². The number of imide groups is 4. The van der Waals surface area contributed by atoms with Gasteiger partial charge in [-0.15, -0.1) is 20.3 Å². The average molecular weight is 933 g/mol. The molecule has 4 aliphatic heterocycles. The summed E-state index contributed by atoms with van der Waals surface area (Å²) in [4.78, 5) is 161. The van der Waals surface area contributed by atoms with Crippen LogP contribution in [0, 0.1) is 5.41 Å². The summed E-state index contributed by atoms with van der Waals surface area (Å²) in [7, 11) is 0. The van der Waals surface area contributed by atoms with Crippen LogP contribution in [0.2, 0.25) is 0 Å². The smallest absolute Gasteiger partial charge is 0.358 e. The van der Waals surface area contributed by atoms with E-state index in [-0.39, 0.29) is 131 Å². The molecule has 0 N–H and O–H groups in total. The maximum atomic E-state index is 12.1. The first-order valence-corrected chi connectivity index (χ1v) is 20.1. The van der Waals surface area contributed by atoms with Gasteiger partial charge in [0.1, 0.15) is 26.4 Å². The van der Waals surface area contributed by atoms with Crippen molar-refractivity contribution in [2.75, 3.05) is 106 Å². The molecule has 8 amide bonds. The van der Waals surface area contributed by atoms with Gasteiger partial charge in [-0.05, 0) is 0 Å². The highest BCUT2D eigenvalue weighted by Gasteiger charge is 2.37. The molecular formula is C37H48N4O24. The molecule has 0 aromatic carbocycles. The first-order chi connectivity index (χ1) is 31.2. The van der Waals surface area contributed by atoms with Crippen molar-refractivity contribution in [3.63, 3.8) is 0 Å². The van der Waals surface area contributed by atoms with E-state index in [0.717, 1.165) is 0 Å². The number of hydrogen-bond donors (Lipinski definition) is 0. The monoisotopic (exact) mass is 932 g/mol. The third kappa shape index (κ3) is 17.6. The Morgan fingerprint density at radius 1 is 0.308 bits per heavy atom. The highest BCUT2D eigenvalue weighted by molar-refractivity contribution is 6.03. The van der Waals surface area contributed by atoms with Crippen LogP contribution >= 0.6 is 0 Å². The molecule has 0 aliphatic carbocycles. The van der Waals surface area contributed by atoms with Crippen molar-refractivity contribution in [3.05, 3.63) is 0 Å². The Hall–Kier alpha value is -5.88. The van der Waals surface area contributed by atoms with E-state index in [1.54, 1.807) is 0 Å². The second kappa shape index (κ2) is 26.8. The fourth-order valence-electron chi connectivity index (χ4n) is 5.64. The number of hydrogen-bond acceptors (Lipinski definition) is 24. The molecule has 0 aromatic heterocycles. The third-order valence-electron chi connectivity index (χ3n) is 8.80. The molecule has 0 spiro atoms. The molecule has 4 rings (SSSR count). The first kappa shape index (κ1) is 51.8. The second-order valence-electron chi connectivity index (χ2n) is 14.1. The Labute approximate surface area is 368 Å². The number of carbonyl (C=O) groups excluding carboxylic acids is 12. The molecule has 4 fully saturated rings. The second-order valence-corrected chi connectivity index (χ2v) is 14.1. The van der Waals surface area contributed by atoms with E-state index in [2.05, 4.69) is 0 Å². The fourth-order valence-corrected chi connectivity index (χ4v) is 5.64. The summed E-state index contributed by atoms with van der Waals surface area (Å²) in [6.45, 7) is -4.48. The molecule has 0 saturated carbocycles. The summed E-state index contributed by atoms with van der Waals surface area (Å²) >= 11 is 0. The summed E-state index contributed by atoms with van der Waals surface area (Å²) in [5, 5.41) is 1.49. The van der Waals surface area contributed by atoms with Crippen LogP contribution in [-0.4, -0.2) is 197 Å². The summed E-state index contributed by atoms with van der Waals surface area (Å²) < 4.78 is 44.3. The summed E-state index contributed by atoms with van der Waals surface area (Å²) in [6.07, 6.45) is -0.728. The SMILES string of the molecule is O=C(COCCOCC(COCCOCC(=O)ON1C(=O)CCC1=O)(COCCOCC(=O)ON1C(=O)CCC1=O)COCCOCC(=O)ON1C(=O)CCC1=O)ON1C(=O)CCC1=O. The van der Waals surface area contributed by atoms with Gasteiger partial charge in [0.25, 0.3) is 47.3 Å². The minimum atomic E-state index is -1.18. The predicted octanol–water partition coefficient (Wildman–Crippen LogP) is -3.47. The van der Waals surface area contributed by atoms with Crippen LogP contribution in [0.5, 0.6) is 0 Å². The Kier molecular flexibility index (Phi) is 21.3. The zero-order valence-corrected chi connectivity index (χ0v) is 35.1. The van der Waals surface area contributed by atoms with Crippen LogP contribution < -0.4 is 0 Å². The van der Waals surface area contributed by atoms with Gasteiger partial charge in [0.15, 0.2) is 0 Å². The van der Waals surface area contributed by atoms with Crippen LogP contribution in [-0.2, 0) is 115 Å². The van der Waals surface area contributed by atoms with Crippen molar-refractivity contribution in [2.45, 2.75) is 51.4 Å². The Bertz CT molecular complexity index is 1470. The van der Waals surface area contributed by atoms with E-state index in [1.165, 1.54) is 0 Å². The lowest BCUT2D eigenvalue weighted by molar-refractivity contribution is -0.201. The molecule has 0 unspecified atom stereocenters. The van der Waals surface area contributed by atoms with Gasteiger partial charge in [0.2, 0.25) is 0 Å². The summed E-state index contributed by atoms with van der Waals surface area (Å²) in [5.74, 6) is -9.35. The lowest BCUT2D eigenvalue weighted by Crippen LogP contribution is -2.43. The maximum Gasteiger partial charge on any atom is 0.358 e. The van der Waals surface area contributed by atoms with Gasteiger partial charge in [-0.1, -0.05) is 0 Å². The van der Waals surface area contributed by atoms with Crippen molar-refractivity contribution in [2.24, 2.45) is 5.41 Å². The highest BCUT2D eigenvalue weighted by atomic mass is 16.8. The zero-order valence-electron chi connectivity index (χ0n) is 35.1. The molecule has 28 heteroatoms. The molecule has 4 saturated heterocycles. The van der Waals surface area contributed by atoms with E-state index in [4.69, 9.17) is 57.2 Å². The van der Waals surface area contributed by atoms with Crippen molar-refractivity contribution < 1.29 is 115 Å². The number of carbonyl (C=O) groups is 12. The summed E-state index contributed by atoms with van der Waals surface area (Å²) in [6, 6.07) is 0. The standard InChI is InChI=1S/C37H48N4O24/c42-25-1-2-26(43)38(25)62-33(50)17-54-9-13-58-21-37(22-59-14-10-55-18-34(51)63-39-27(44)3-4-28(39)45,23-60-15-11-56-19-35(52)64-40-29(46)5-6-30(40)47)24-61-16-12-57-20-36(53)65-41-31(48)7-8-32(41)49/h1-24H2. The first-order valence-electron chi connectivity index (χ1n) is 20.1. The summed E-state index contributed by atoms with van der Waals surface area (Å²) in [5.41, 5.74) is -1.18. The van der Waals surface area contributed by atoms with Crippen LogP contribution in [0.25, 0.3) is 0 Å². The average Bonchev–Trinajstić information content (AvgIpc) is 3.98. The van der Waals surface area contributed by atoms with E-state index in [1.807, 2.05) is 0 Å². The molecule has 0 bridgehead atoms. The predicted molar refractivity (Wildman–Crippen MR) is 198 cm³/mol. The molecule has 4 aliphatic rings. The van der Waals surface area contributed by atoms with E-state index in [9.17, 15) is 57.5 Å². The number of rotatable bonds is 32. The van der Waals surface area contributed by atoms with Crippen LogP contribution in [0.1, 0.15) is 51.4 Å². The number of nitrogens with zero attached hydrogens (tertiary/aromatic N) is 4. The molecule has 360 valence electrons. The quantitative estimate of drug-likeness (QED) is 0.0467. The number of ether oxygens (including phenoxy) is 8. The molecule has 0 radical (unpaired) electrons. The largest absolute Gasteiger partial charge is 0.378 e. The lowest BCUT2D eigenvalue weighted by atomic mass is 9.92. The van der Waals surface area contributed by atoms with Crippen LogP contribution in [0.15, 0.2) is 0 Å². The van der Waals surface area contributed by atoms with Gasteiger partial charge in [-0.3, -0.25) is 38.4 Å². The van der Waals surface area contributed by atoms with Gasteiger partial charge < -0.3 is 57.2 Å². The third-order valence-corrected chi connectivity index (χ3v) is 8.80. The molecule has 28 nitrogen and oxygen atoms in total. The fraction of sp³-hybridized carbons (Fsp3) is 0.676. The minimum absolute atomic E-state index is 0.0910. The lowest BCUT2D eigenvalue weighted by Gasteiger charge is -2.33. The van der Waals surface area contributed by atoms with Gasteiger partial charge in [-0.25, -0.2) is 19.2 Å². The van der Waals surface area contributed by atoms with Crippen LogP contribution in [0.4, 0.5) is 0 Å². The van der Waals surface area contributed by atoms with E-state index < -0.39 is 103 Å². The Morgan fingerprint density at radius 2 is 0.477 bits per heavy atom. The van der Waals surface area contributed by atoms with Crippen molar-refractivity contribution in [1.82, 2.24) is 20.3 Å². The van der Waals surface area contributed by atoms with E-state index >= 15 is 0 Å². The molecular weight excluding hydrogens is 884 g/mol. The maximum absolute atomic E-state index is 12.1. The molecule has 4 heterocycles. The Morgan fingerprint density at radius 3 is 0.662 bits per heavy atom. The van der Waals surface area contributed by atoms with Crippen molar-refractivity contribution in [1.29, 1.82) is 0 Å². The van der Waals surface area contributed by atoms with Gasteiger partial charge in [0.05, 0.1) is 84.7 Å². The molecule has 0 atom stereocenters. The van der Waals surface area contributed by atoms with Gasteiger partial charge >= 0.3 is 23.9 Å². The molecule has 65 heavy (non-hydrogen) atoms. The van der Waals surface area contributed by atoms with Gasteiger partial charge in [0, 0.05) is 51.4 Å². The minimum Gasteiger partial charge on any atom is -0.378 e. The number of hydroxylamine groups is 8. The number of amides is 8. The highest BCUT2D eigenvalue weighted by Crippen LogP contribution is 2.22. The normalized spacial score (nSPS) is 16.7. The van der Waals surface area contributed by atoms with Crippen LogP contribution in [0.3, 0.4) is 0 Å². The molecule has 0 aromatic rings. The zero-order chi connectivity index (χ0) is 47.2. The topological polar surface area (TPSA) is 329 Å². The van der Waals surface area contributed by atoms with Crippen molar-refractivity contribution >= 4 is 71.1 Å².